The Morgan fingerprint density at radius 1 is 1.06 bits per heavy atom. The van der Waals surface area contributed by atoms with Gasteiger partial charge in [0.05, 0.1) is 25.3 Å². The number of hydrogen-bond acceptors (Lipinski definition) is 5. The van der Waals surface area contributed by atoms with Crippen molar-refractivity contribution in [2.24, 2.45) is 0 Å². The lowest BCUT2D eigenvalue weighted by Crippen LogP contribution is -2.30. The fourth-order valence-corrected chi connectivity index (χ4v) is 4.11. The summed E-state index contributed by atoms with van der Waals surface area (Å²) < 4.78 is 10.9. The van der Waals surface area contributed by atoms with Gasteiger partial charge in [-0.15, -0.1) is 0 Å². The van der Waals surface area contributed by atoms with Gasteiger partial charge in [-0.2, -0.15) is 0 Å². The fraction of sp³-hybridized carbons (Fsp3) is 0.385. The van der Waals surface area contributed by atoms with Crippen molar-refractivity contribution in [3.05, 3.63) is 64.2 Å². The van der Waals surface area contributed by atoms with Crippen LogP contribution in [0.25, 0.3) is 5.76 Å². The van der Waals surface area contributed by atoms with Gasteiger partial charge in [0, 0.05) is 12.1 Å². The van der Waals surface area contributed by atoms with E-state index in [9.17, 15) is 14.7 Å². The predicted molar refractivity (Wildman–Crippen MR) is 124 cm³/mol. The SMILES string of the molecule is CCCCN1C(=O)C(=O)/C(=C(/O)c2cc(C)c(OC)cc2C)C1c1ccc(OCC)cc1. The van der Waals surface area contributed by atoms with Gasteiger partial charge >= 0.3 is 0 Å². The zero-order valence-corrected chi connectivity index (χ0v) is 19.4. The normalized spacial score (nSPS) is 17.7. The Morgan fingerprint density at radius 3 is 2.34 bits per heavy atom. The summed E-state index contributed by atoms with van der Waals surface area (Å²) in [5.41, 5.74) is 2.98. The number of benzene rings is 2. The predicted octanol–water partition coefficient (Wildman–Crippen LogP) is 4.93. The molecule has 6 heteroatoms. The van der Waals surface area contributed by atoms with Gasteiger partial charge in [0.25, 0.3) is 11.7 Å². The Labute approximate surface area is 189 Å². The van der Waals surface area contributed by atoms with Crippen LogP contribution in [0.3, 0.4) is 0 Å². The minimum atomic E-state index is -0.662. The van der Waals surface area contributed by atoms with Crippen LogP contribution in [-0.4, -0.2) is 42.0 Å². The van der Waals surface area contributed by atoms with E-state index in [0.29, 0.717) is 30.2 Å². The fourth-order valence-electron chi connectivity index (χ4n) is 4.11. The van der Waals surface area contributed by atoms with Crippen LogP contribution in [0.1, 0.15) is 55.0 Å². The highest BCUT2D eigenvalue weighted by Crippen LogP contribution is 2.41. The van der Waals surface area contributed by atoms with Crippen molar-refractivity contribution in [2.45, 2.75) is 46.6 Å². The number of aliphatic hydroxyl groups excluding tert-OH is 1. The summed E-state index contributed by atoms with van der Waals surface area (Å²) in [5, 5.41) is 11.3. The largest absolute Gasteiger partial charge is 0.507 e. The Bertz CT molecular complexity index is 1040. The van der Waals surface area contributed by atoms with Gasteiger partial charge in [0.2, 0.25) is 0 Å². The maximum Gasteiger partial charge on any atom is 0.295 e. The molecule has 6 nitrogen and oxygen atoms in total. The van der Waals surface area contributed by atoms with Crippen molar-refractivity contribution in [3.8, 4) is 11.5 Å². The zero-order valence-electron chi connectivity index (χ0n) is 19.4. The quantitative estimate of drug-likeness (QED) is 0.360. The second-order valence-electron chi connectivity index (χ2n) is 7.98. The third kappa shape index (κ3) is 4.35. The molecule has 0 aromatic heterocycles. The summed E-state index contributed by atoms with van der Waals surface area (Å²) in [6, 6.07) is 10.3. The van der Waals surface area contributed by atoms with Crippen LogP contribution >= 0.6 is 0 Å². The first-order valence-electron chi connectivity index (χ1n) is 11.0. The summed E-state index contributed by atoms with van der Waals surface area (Å²) in [6.07, 6.45) is 1.65. The molecule has 1 aliphatic rings. The molecule has 3 rings (SSSR count). The Morgan fingerprint density at radius 2 is 1.75 bits per heavy atom. The number of hydrogen-bond donors (Lipinski definition) is 1. The smallest absolute Gasteiger partial charge is 0.295 e. The lowest BCUT2D eigenvalue weighted by molar-refractivity contribution is -0.139. The van der Waals surface area contributed by atoms with E-state index in [0.717, 1.165) is 29.5 Å². The molecule has 0 aliphatic carbocycles. The molecule has 2 aromatic rings. The number of aliphatic hydroxyl groups is 1. The van der Waals surface area contributed by atoms with E-state index < -0.39 is 17.7 Å². The summed E-state index contributed by atoms with van der Waals surface area (Å²) in [4.78, 5) is 27.6. The van der Waals surface area contributed by atoms with Crippen LogP contribution in [0.5, 0.6) is 11.5 Å². The molecule has 2 aromatic carbocycles. The molecule has 1 amide bonds. The number of rotatable bonds is 8. The van der Waals surface area contributed by atoms with Gasteiger partial charge in [-0.3, -0.25) is 9.59 Å². The summed E-state index contributed by atoms with van der Waals surface area (Å²) in [7, 11) is 1.59. The molecule has 1 heterocycles. The lowest BCUT2D eigenvalue weighted by atomic mass is 9.93. The van der Waals surface area contributed by atoms with Crippen LogP contribution < -0.4 is 9.47 Å². The van der Waals surface area contributed by atoms with E-state index in [4.69, 9.17) is 9.47 Å². The molecular weight excluding hydrogens is 406 g/mol. The molecule has 0 bridgehead atoms. The van der Waals surface area contributed by atoms with Crippen molar-refractivity contribution in [3.63, 3.8) is 0 Å². The lowest BCUT2D eigenvalue weighted by Gasteiger charge is -2.25. The minimum absolute atomic E-state index is 0.114. The van der Waals surface area contributed by atoms with Crippen molar-refractivity contribution in [2.75, 3.05) is 20.3 Å². The molecule has 1 aliphatic heterocycles. The van der Waals surface area contributed by atoms with E-state index >= 15 is 0 Å². The van der Waals surface area contributed by atoms with Crippen molar-refractivity contribution < 1.29 is 24.2 Å². The number of aryl methyl sites for hydroxylation is 2. The molecule has 1 unspecified atom stereocenters. The van der Waals surface area contributed by atoms with Crippen LogP contribution in [0.2, 0.25) is 0 Å². The van der Waals surface area contributed by atoms with Gasteiger partial charge in [-0.1, -0.05) is 25.5 Å². The highest BCUT2D eigenvalue weighted by Gasteiger charge is 2.45. The number of unbranched alkanes of at least 4 members (excludes halogenated alkanes) is 1. The first kappa shape index (κ1) is 23.4. The number of amides is 1. The maximum atomic E-state index is 13.1. The minimum Gasteiger partial charge on any atom is -0.507 e. The Kier molecular flexibility index (Phi) is 7.23. The third-order valence-corrected chi connectivity index (χ3v) is 5.80. The number of likely N-dealkylation sites (tertiary alicyclic amines) is 1. The summed E-state index contributed by atoms with van der Waals surface area (Å²) in [6.45, 7) is 8.65. The third-order valence-electron chi connectivity index (χ3n) is 5.80. The second-order valence-corrected chi connectivity index (χ2v) is 7.98. The van der Waals surface area contributed by atoms with Crippen molar-refractivity contribution in [1.82, 2.24) is 4.90 Å². The van der Waals surface area contributed by atoms with Crippen LogP contribution in [0.4, 0.5) is 0 Å². The molecule has 1 fully saturated rings. The van der Waals surface area contributed by atoms with E-state index in [1.165, 1.54) is 0 Å². The van der Waals surface area contributed by atoms with Crippen LogP contribution in [-0.2, 0) is 9.59 Å². The van der Waals surface area contributed by atoms with Gasteiger partial charge in [-0.05, 0) is 68.1 Å². The van der Waals surface area contributed by atoms with Crippen molar-refractivity contribution >= 4 is 17.4 Å². The Balaban J connectivity index is 2.17. The maximum absolute atomic E-state index is 13.1. The first-order chi connectivity index (χ1) is 15.3. The molecule has 0 spiro atoms. The van der Waals surface area contributed by atoms with E-state index in [2.05, 4.69) is 0 Å². The monoisotopic (exact) mass is 437 g/mol. The molecule has 1 N–H and O–H groups in total. The molecule has 0 saturated carbocycles. The first-order valence-corrected chi connectivity index (χ1v) is 11.0. The number of ketones is 1. The van der Waals surface area contributed by atoms with Gasteiger partial charge < -0.3 is 19.5 Å². The highest BCUT2D eigenvalue weighted by molar-refractivity contribution is 6.46. The number of nitrogens with zero attached hydrogens (tertiary/aromatic N) is 1. The van der Waals surface area contributed by atoms with Crippen LogP contribution in [0.15, 0.2) is 42.0 Å². The number of carbonyl (C=O) groups excluding carboxylic acids is 2. The highest BCUT2D eigenvalue weighted by atomic mass is 16.5. The van der Waals surface area contributed by atoms with E-state index in [1.807, 2.05) is 58.0 Å². The topological polar surface area (TPSA) is 76.1 Å². The summed E-state index contributed by atoms with van der Waals surface area (Å²) in [5.74, 6) is 0.00510. The average Bonchev–Trinajstić information content (AvgIpc) is 3.04. The number of methoxy groups -OCH3 is 1. The molecule has 32 heavy (non-hydrogen) atoms. The van der Waals surface area contributed by atoms with Crippen molar-refractivity contribution in [1.29, 1.82) is 0 Å². The molecular formula is C26H31NO5. The molecule has 0 radical (unpaired) electrons. The number of carbonyl (C=O) groups is 2. The zero-order chi connectivity index (χ0) is 23.4. The summed E-state index contributed by atoms with van der Waals surface area (Å²) >= 11 is 0. The molecule has 1 atom stereocenters. The van der Waals surface area contributed by atoms with Gasteiger partial charge in [0.15, 0.2) is 0 Å². The standard InChI is InChI=1S/C26H31NO5/c1-6-8-13-27-23(18-9-11-19(12-10-18)32-7-2)22(25(29)26(27)30)24(28)20-14-17(4)21(31-5)15-16(20)3/h9-12,14-15,23,28H,6-8,13H2,1-5H3/b24-22+. The average molecular weight is 438 g/mol. The second kappa shape index (κ2) is 9.90. The van der Waals surface area contributed by atoms with E-state index in [1.54, 1.807) is 18.1 Å². The Hall–Kier alpha value is -3.28. The molecule has 1 saturated heterocycles. The van der Waals surface area contributed by atoms with Crippen LogP contribution in [0, 0.1) is 13.8 Å². The number of ether oxygens (including phenoxy) is 2. The number of Topliss-reactive ketones (excluding diaryl/α,β-unsaturated/α-hetero) is 1. The van der Waals surface area contributed by atoms with Gasteiger partial charge in [-0.25, -0.2) is 0 Å². The van der Waals surface area contributed by atoms with E-state index in [-0.39, 0.29) is 11.3 Å². The molecule has 170 valence electrons. The van der Waals surface area contributed by atoms with Gasteiger partial charge in [0.1, 0.15) is 17.3 Å².